The summed E-state index contributed by atoms with van der Waals surface area (Å²) < 4.78 is 68.9. The van der Waals surface area contributed by atoms with E-state index in [4.69, 9.17) is 0 Å². The van der Waals surface area contributed by atoms with Crippen molar-refractivity contribution in [2.75, 3.05) is 6.54 Å². The Bertz CT molecular complexity index is 478. The highest BCUT2D eigenvalue weighted by Gasteiger charge is 2.28. The van der Waals surface area contributed by atoms with Gasteiger partial charge in [0.25, 0.3) is 0 Å². The molecule has 112 valence electrons. The van der Waals surface area contributed by atoms with Gasteiger partial charge in [0.1, 0.15) is 0 Å². The van der Waals surface area contributed by atoms with Gasteiger partial charge in [-0.3, -0.25) is 0 Å². The standard InChI is InChI=1S/C12H12F5NO2/c1-2-3-4-5-18-12(19)20-11-9(16)7(14)6(13)8(15)10(11)17/h2-5H2,1H3,(H,18,19). The van der Waals surface area contributed by atoms with Crippen LogP contribution in [-0.2, 0) is 0 Å². The minimum absolute atomic E-state index is 0.169. The van der Waals surface area contributed by atoms with Crippen LogP contribution in [0.1, 0.15) is 26.2 Å². The fraction of sp³-hybridized carbons (Fsp3) is 0.417. The van der Waals surface area contributed by atoms with Gasteiger partial charge in [0, 0.05) is 6.54 Å². The number of hydrogen-bond acceptors (Lipinski definition) is 2. The molecule has 3 nitrogen and oxygen atoms in total. The number of carbonyl (C=O) groups excluding carboxylic acids is 1. The molecule has 0 fully saturated rings. The molecule has 0 heterocycles. The van der Waals surface area contributed by atoms with Crippen LogP contribution >= 0.6 is 0 Å². The van der Waals surface area contributed by atoms with E-state index in [0.717, 1.165) is 12.8 Å². The molecule has 0 aliphatic carbocycles. The second-order valence-electron chi connectivity index (χ2n) is 3.92. The van der Waals surface area contributed by atoms with Gasteiger partial charge >= 0.3 is 6.09 Å². The Morgan fingerprint density at radius 2 is 1.45 bits per heavy atom. The van der Waals surface area contributed by atoms with Gasteiger partial charge in [0.05, 0.1) is 0 Å². The van der Waals surface area contributed by atoms with E-state index in [1.54, 1.807) is 0 Å². The van der Waals surface area contributed by atoms with Crippen LogP contribution in [0.5, 0.6) is 5.75 Å². The second kappa shape index (κ2) is 7.06. The molecular formula is C12H12F5NO2. The Kier molecular flexibility index (Phi) is 5.72. The molecular weight excluding hydrogens is 285 g/mol. The van der Waals surface area contributed by atoms with Crippen molar-refractivity contribution in [1.29, 1.82) is 0 Å². The van der Waals surface area contributed by atoms with Gasteiger partial charge in [-0.25, -0.2) is 18.0 Å². The van der Waals surface area contributed by atoms with Crippen molar-refractivity contribution in [2.24, 2.45) is 0 Å². The van der Waals surface area contributed by atoms with Gasteiger partial charge < -0.3 is 10.1 Å². The van der Waals surface area contributed by atoms with E-state index in [1.165, 1.54) is 0 Å². The number of amides is 1. The third-order valence-corrected chi connectivity index (χ3v) is 2.41. The van der Waals surface area contributed by atoms with Crippen LogP contribution in [0.25, 0.3) is 0 Å². The van der Waals surface area contributed by atoms with Crippen LogP contribution in [0.2, 0.25) is 0 Å². The lowest BCUT2D eigenvalue weighted by Gasteiger charge is -2.09. The molecule has 1 rings (SSSR count). The normalized spacial score (nSPS) is 10.5. The summed E-state index contributed by atoms with van der Waals surface area (Å²) in [5.41, 5.74) is 0. The third-order valence-electron chi connectivity index (χ3n) is 2.41. The van der Waals surface area contributed by atoms with Crippen LogP contribution in [0.15, 0.2) is 0 Å². The van der Waals surface area contributed by atoms with Gasteiger partial charge in [0.2, 0.25) is 34.8 Å². The van der Waals surface area contributed by atoms with Crippen molar-refractivity contribution < 1.29 is 31.5 Å². The minimum atomic E-state index is -2.31. The summed E-state index contributed by atoms with van der Waals surface area (Å²) in [6.07, 6.45) is 1.00. The Labute approximate surface area is 111 Å². The Balaban J connectivity index is 2.80. The fourth-order valence-electron chi connectivity index (χ4n) is 1.37. The van der Waals surface area contributed by atoms with E-state index in [9.17, 15) is 26.7 Å². The van der Waals surface area contributed by atoms with Crippen molar-refractivity contribution in [1.82, 2.24) is 5.32 Å². The summed E-state index contributed by atoms with van der Waals surface area (Å²) in [6.45, 7) is 2.09. The lowest BCUT2D eigenvalue weighted by Crippen LogP contribution is -2.28. The van der Waals surface area contributed by atoms with E-state index in [1.807, 2.05) is 6.92 Å². The molecule has 0 aliphatic heterocycles. The van der Waals surface area contributed by atoms with Crippen LogP contribution in [-0.4, -0.2) is 12.6 Å². The van der Waals surface area contributed by atoms with E-state index in [2.05, 4.69) is 10.1 Å². The molecule has 1 aromatic carbocycles. The maximum absolute atomic E-state index is 13.2. The zero-order chi connectivity index (χ0) is 15.3. The first kappa shape index (κ1) is 16.2. The summed E-state index contributed by atoms with van der Waals surface area (Å²) >= 11 is 0. The van der Waals surface area contributed by atoms with Crippen molar-refractivity contribution >= 4 is 6.09 Å². The van der Waals surface area contributed by atoms with Crippen LogP contribution in [0, 0.1) is 29.1 Å². The number of unbranched alkanes of at least 4 members (excludes halogenated alkanes) is 2. The molecule has 0 unspecified atom stereocenters. The monoisotopic (exact) mass is 297 g/mol. The molecule has 0 aliphatic rings. The lowest BCUT2D eigenvalue weighted by molar-refractivity contribution is 0.193. The topological polar surface area (TPSA) is 38.3 Å². The molecule has 0 aromatic heterocycles. The maximum atomic E-state index is 13.2. The number of halogens is 5. The largest absolute Gasteiger partial charge is 0.412 e. The van der Waals surface area contributed by atoms with Crippen molar-refractivity contribution in [3.63, 3.8) is 0 Å². The van der Waals surface area contributed by atoms with Gasteiger partial charge in [-0.15, -0.1) is 0 Å². The highest BCUT2D eigenvalue weighted by molar-refractivity contribution is 5.70. The van der Waals surface area contributed by atoms with Crippen LogP contribution in [0.4, 0.5) is 26.7 Å². The van der Waals surface area contributed by atoms with Crippen LogP contribution in [0.3, 0.4) is 0 Å². The molecule has 0 bridgehead atoms. The summed E-state index contributed by atoms with van der Waals surface area (Å²) in [4.78, 5) is 11.2. The SMILES string of the molecule is CCCCCNC(=O)Oc1c(F)c(F)c(F)c(F)c1F. The van der Waals surface area contributed by atoms with Crippen LogP contribution < -0.4 is 10.1 Å². The van der Waals surface area contributed by atoms with Crippen molar-refractivity contribution in [2.45, 2.75) is 26.2 Å². The molecule has 8 heteroatoms. The quantitative estimate of drug-likeness (QED) is 0.390. The number of rotatable bonds is 5. The highest BCUT2D eigenvalue weighted by Crippen LogP contribution is 2.29. The molecule has 0 saturated heterocycles. The maximum Gasteiger partial charge on any atom is 0.412 e. The number of carbonyl (C=O) groups is 1. The molecule has 20 heavy (non-hydrogen) atoms. The van der Waals surface area contributed by atoms with E-state index in [0.29, 0.717) is 6.42 Å². The summed E-state index contributed by atoms with van der Waals surface area (Å²) in [7, 11) is 0. The average Bonchev–Trinajstić information content (AvgIpc) is 2.44. The predicted octanol–water partition coefficient (Wildman–Crippen LogP) is 3.66. The highest BCUT2D eigenvalue weighted by atomic mass is 19.2. The van der Waals surface area contributed by atoms with E-state index >= 15 is 0 Å². The van der Waals surface area contributed by atoms with E-state index in [-0.39, 0.29) is 6.54 Å². The van der Waals surface area contributed by atoms with Gasteiger partial charge in [-0.2, -0.15) is 8.78 Å². The smallest absolute Gasteiger partial charge is 0.404 e. The minimum Gasteiger partial charge on any atom is -0.404 e. The lowest BCUT2D eigenvalue weighted by atomic mass is 10.2. The molecule has 1 N–H and O–H groups in total. The van der Waals surface area contributed by atoms with E-state index < -0.39 is 40.9 Å². The molecule has 0 atom stereocenters. The van der Waals surface area contributed by atoms with Gasteiger partial charge in [-0.05, 0) is 6.42 Å². The number of nitrogens with one attached hydrogen (secondary N) is 1. The number of ether oxygens (including phenoxy) is 1. The van der Waals surface area contributed by atoms with Crippen molar-refractivity contribution in [3.05, 3.63) is 29.1 Å². The summed E-state index contributed by atoms with van der Waals surface area (Å²) in [5.74, 6) is -12.6. The summed E-state index contributed by atoms with van der Waals surface area (Å²) in [6, 6.07) is 0. The third kappa shape index (κ3) is 3.58. The van der Waals surface area contributed by atoms with Gasteiger partial charge in [-0.1, -0.05) is 19.8 Å². The molecule has 0 spiro atoms. The Hall–Kier alpha value is -1.86. The first-order valence-corrected chi connectivity index (χ1v) is 5.87. The van der Waals surface area contributed by atoms with Crippen molar-refractivity contribution in [3.8, 4) is 5.75 Å². The molecule has 1 amide bonds. The number of benzene rings is 1. The molecule has 1 aromatic rings. The predicted molar refractivity (Wildman–Crippen MR) is 59.8 cm³/mol. The Morgan fingerprint density at radius 1 is 0.950 bits per heavy atom. The zero-order valence-corrected chi connectivity index (χ0v) is 10.5. The average molecular weight is 297 g/mol. The molecule has 0 radical (unpaired) electrons. The Morgan fingerprint density at radius 3 is 1.95 bits per heavy atom. The number of hydrogen-bond donors (Lipinski definition) is 1. The first-order valence-electron chi connectivity index (χ1n) is 5.87. The molecule has 0 saturated carbocycles. The second-order valence-corrected chi connectivity index (χ2v) is 3.92. The van der Waals surface area contributed by atoms with Gasteiger partial charge in [0.15, 0.2) is 0 Å². The first-order chi connectivity index (χ1) is 9.40. The summed E-state index contributed by atoms with van der Waals surface area (Å²) in [5, 5.41) is 2.14. The fourth-order valence-corrected chi connectivity index (χ4v) is 1.37. The zero-order valence-electron chi connectivity index (χ0n) is 10.5.